The molecule has 1 fully saturated rings. The average molecular weight is 347 g/mol. The minimum absolute atomic E-state index is 0.156. The number of aromatic nitrogens is 2. The zero-order valence-corrected chi connectivity index (χ0v) is 13.7. The van der Waals surface area contributed by atoms with Gasteiger partial charge in [-0.1, -0.05) is 12.1 Å². The fraction of sp³-hybridized carbons (Fsp3) is 0.353. The number of benzene rings is 1. The summed E-state index contributed by atoms with van der Waals surface area (Å²) in [7, 11) is 0. The molecule has 0 saturated carbocycles. The Bertz CT molecular complexity index is 805. The maximum atomic E-state index is 14.0. The van der Waals surface area contributed by atoms with Crippen LogP contribution in [0.2, 0.25) is 0 Å². The predicted octanol–water partition coefficient (Wildman–Crippen LogP) is 1.64. The summed E-state index contributed by atoms with van der Waals surface area (Å²) < 4.78 is 20.7. The van der Waals surface area contributed by atoms with E-state index in [2.05, 4.69) is 5.10 Å². The molecule has 1 aliphatic heterocycles. The highest BCUT2D eigenvalue weighted by atomic mass is 19.1. The highest BCUT2D eigenvalue weighted by Gasteiger charge is 2.28. The van der Waals surface area contributed by atoms with E-state index in [9.17, 15) is 14.0 Å². The molecule has 1 N–H and O–H groups in total. The number of ether oxygens (including phenoxy) is 1. The van der Waals surface area contributed by atoms with Gasteiger partial charge in [0, 0.05) is 13.1 Å². The molecule has 1 amide bonds. The number of carboxylic acids is 1. The molecule has 7 nitrogen and oxygen atoms in total. The first-order valence-electron chi connectivity index (χ1n) is 7.89. The van der Waals surface area contributed by atoms with E-state index in [0.717, 1.165) is 0 Å². The lowest BCUT2D eigenvalue weighted by Gasteiger charge is -2.32. The number of hydrogen-bond acceptors (Lipinski definition) is 4. The maximum Gasteiger partial charge on any atom is 0.306 e. The van der Waals surface area contributed by atoms with Gasteiger partial charge in [0.1, 0.15) is 11.5 Å². The Labute approximate surface area is 143 Å². The fourth-order valence-corrected chi connectivity index (χ4v) is 2.88. The Morgan fingerprint density at radius 1 is 1.40 bits per heavy atom. The Morgan fingerprint density at radius 3 is 2.88 bits per heavy atom. The Kier molecular flexibility index (Phi) is 4.80. The number of carbonyl (C=O) groups excluding carboxylic acids is 1. The summed E-state index contributed by atoms with van der Waals surface area (Å²) in [5, 5.41) is 13.0. The van der Waals surface area contributed by atoms with E-state index >= 15 is 0 Å². The molecule has 1 aromatic carbocycles. The van der Waals surface area contributed by atoms with Crippen LogP contribution in [0, 0.1) is 12.7 Å². The van der Waals surface area contributed by atoms with Gasteiger partial charge in [0.2, 0.25) is 0 Å². The van der Waals surface area contributed by atoms with Crippen LogP contribution in [0.25, 0.3) is 5.69 Å². The number of hydrogen-bond donors (Lipinski definition) is 1. The number of rotatable bonds is 4. The first-order chi connectivity index (χ1) is 12.0. The second-order valence-corrected chi connectivity index (χ2v) is 5.85. The molecule has 1 aliphatic rings. The Balaban J connectivity index is 1.82. The summed E-state index contributed by atoms with van der Waals surface area (Å²) in [5.41, 5.74) is 1.15. The molecule has 1 aromatic heterocycles. The molecule has 25 heavy (non-hydrogen) atoms. The highest BCUT2D eigenvalue weighted by Crippen LogP contribution is 2.19. The summed E-state index contributed by atoms with van der Waals surface area (Å²) in [6, 6.07) is 6.19. The fourth-order valence-electron chi connectivity index (χ4n) is 2.88. The van der Waals surface area contributed by atoms with Gasteiger partial charge in [0.05, 0.1) is 36.6 Å². The van der Waals surface area contributed by atoms with Crippen LogP contribution in [-0.4, -0.2) is 57.5 Å². The molecule has 3 rings (SSSR count). The lowest BCUT2D eigenvalue weighted by molar-refractivity contribution is -0.141. The lowest BCUT2D eigenvalue weighted by Crippen LogP contribution is -2.46. The smallest absolute Gasteiger partial charge is 0.306 e. The zero-order valence-electron chi connectivity index (χ0n) is 13.7. The van der Waals surface area contributed by atoms with Crippen LogP contribution in [0.3, 0.4) is 0 Å². The normalized spacial score (nSPS) is 17.5. The van der Waals surface area contributed by atoms with E-state index < -0.39 is 17.9 Å². The number of morpholine rings is 1. The number of halogens is 1. The van der Waals surface area contributed by atoms with Crippen LogP contribution in [0.4, 0.5) is 4.39 Å². The molecule has 0 radical (unpaired) electrons. The van der Waals surface area contributed by atoms with Gasteiger partial charge in [0.15, 0.2) is 0 Å². The standard InChI is InChI=1S/C17H18FN3O4/c1-11-13(9-19-21(11)15-5-3-2-4-14(15)18)17(24)20-6-7-25-12(10-20)8-16(22)23/h2-5,9,12H,6-8,10H2,1H3,(H,22,23)/t12-/m1/s1. The third kappa shape index (κ3) is 3.53. The lowest BCUT2D eigenvalue weighted by atomic mass is 10.1. The Hall–Kier alpha value is -2.74. The summed E-state index contributed by atoms with van der Waals surface area (Å²) >= 11 is 0. The average Bonchev–Trinajstić information content (AvgIpc) is 2.96. The third-order valence-electron chi connectivity index (χ3n) is 4.15. The van der Waals surface area contributed by atoms with E-state index in [-0.39, 0.29) is 31.2 Å². The van der Waals surface area contributed by atoms with Crippen molar-refractivity contribution in [2.45, 2.75) is 19.4 Å². The summed E-state index contributed by atoms with van der Waals surface area (Å²) in [6.45, 7) is 2.56. The molecule has 0 spiro atoms. The van der Waals surface area contributed by atoms with Crippen molar-refractivity contribution >= 4 is 11.9 Å². The van der Waals surface area contributed by atoms with E-state index in [1.165, 1.54) is 16.9 Å². The molecular weight excluding hydrogens is 329 g/mol. The first-order valence-corrected chi connectivity index (χ1v) is 7.89. The van der Waals surface area contributed by atoms with Crippen LogP contribution >= 0.6 is 0 Å². The number of aliphatic carboxylic acids is 1. The van der Waals surface area contributed by atoms with Crippen molar-refractivity contribution in [1.82, 2.24) is 14.7 Å². The third-order valence-corrected chi connectivity index (χ3v) is 4.15. The SMILES string of the molecule is Cc1c(C(=O)N2CCO[C@H](CC(=O)O)C2)cnn1-c1ccccc1F. The second kappa shape index (κ2) is 7.02. The zero-order chi connectivity index (χ0) is 18.0. The van der Waals surface area contributed by atoms with Crippen LogP contribution < -0.4 is 0 Å². The molecular formula is C17H18FN3O4. The van der Waals surface area contributed by atoms with Crippen molar-refractivity contribution < 1.29 is 23.8 Å². The van der Waals surface area contributed by atoms with Gasteiger partial charge in [-0.15, -0.1) is 0 Å². The molecule has 8 heteroatoms. The number of nitrogens with zero attached hydrogens (tertiary/aromatic N) is 3. The second-order valence-electron chi connectivity index (χ2n) is 5.85. The number of carboxylic acid groups (broad SMARTS) is 1. The topological polar surface area (TPSA) is 84.7 Å². The van der Waals surface area contributed by atoms with E-state index in [1.807, 2.05) is 0 Å². The van der Waals surface area contributed by atoms with Crippen molar-refractivity contribution in [3.63, 3.8) is 0 Å². The predicted molar refractivity (Wildman–Crippen MR) is 86.2 cm³/mol. The monoisotopic (exact) mass is 347 g/mol. The van der Waals surface area contributed by atoms with E-state index in [0.29, 0.717) is 17.8 Å². The molecule has 132 valence electrons. The largest absolute Gasteiger partial charge is 0.481 e. The Morgan fingerprint density at radius 2 is 2.16 bits per heavy atom. The molecule has 0 aliphatic carbocycles. The van der Waals surface area contributed by atoms with Crippen LogP contribution in [-0.2, 0) is 9.53 Å². The first kappa shape index (κ1) is 17.1. The van der Waals surface area contributed by atoms with Gasteiger partial charge in [-0.2, -0.15) is 5.10 Å². The quantitative estimate of drug-likeness (QED) is 0.909. The van der Waals surface area contributed by atoms with Crippen molar-refractivity contribution in [2.24, 2.45) is 0 Å². The van der Waals surface area contributed by atoms with Gasteiger partial charge in [-0.05, 0) is 19.1 Å². The highest BCUT2D eigenvalue weighted by molar-refractivity contribution is 5.95. The van der Waals surface area contributed by atoms with Gasteiger partial charge in [-0.3, -0.25) is 9.59 Å². The molecule has 0 bridgehead atoms. The van der Waals surface area contributed by atoms with E-state index in [4.69, 9.17) is 9.84 Å². The number of amides is 1. The van der Waals surface area contributed by atoms with Crippen LogP contribution in [0.5, 0.6) is 0 Å². The van der Waals surface area contributed by atoms with Crippen molar-refractivity contribution in [3.05, 3.63) is 47.5 Å². The van der Waals surface area contributed by atoms with Gasteiger partial charge in [0.25, 0.3) is 5.91 Å². The maximum absolute atomic E-state index is 14.0. The van der Waals surface area contributed by atoms with E-state index in [1.54, 1.807) is 30.0 Å². The molecule has 2 heterocycles. The summed E-state index contributed by atoms with van der Waals surface area (Å²) in [6.07, 6.45) is 0.723. The molecule has 1 saturated heterocycles. The molecule has 2 aromatic rings. The molecule has 0 unspecified atom stereocenters. The summed E-state index contributed by atoms with van der Waals surface area (Å²) in [4.78, 5) is 25.1. The summed E-state index contributed by atoms with van der Waals surface area (Å²) in [5.74, 6) is -1.66. The van der Waals surface area contributed by atoms with Crippen LogP contribution in [0.15, 0.2) is 30.5 Å². The van der Waals surface area contributed by atoms with Gasteiger partial charge in [-0.25, -0.2) is 9.07 Å². The van der Waals surface area contributed by atoms with Gasteiger partial charge < -0.3 is 14.7 Å². The van der Waals surface area contributed by atoms with Gasteiger partial charge >= 0.3 is 5.97 Å². The van der Waals surface area contributed by atoms with Crippen molar-refractivity contribution in [2.75, 3.05) is 19.7 Å². The van der Waals surface area contributed by atoms with Crippen molar-refractivity contribution in [1.29, 1.82) is 0 Å². The van der Waals surface area contributed by atoms with Crippen molar-refractivity contribution in [3.8, 4) is 5.69 Å². The molecule has 1 atom stereocenters. The minimum atomic E-state index is -0.970. The minimum Gasteiger partial charge on any atom is -0.481 e. The number of para-hydroxylation sites is 1. The number of carbonyl (C=O) groups is 2. The van der Waals surface area contributed by atoms with Crippen LogP contribution in [0.1, 0.15) is 22.5 Å².